The minimum Gasteiger partial charge on any atom is -0.366 e. The van der Waals surface area contributed by atoms with Gasteiger partial charge in [0.25, 0.3) is 0 Å². The number of amides is 1. The van der Waals surface area contributed by atoms with E-state index >= 15 is 0 Å². The third-order valence-electron chi connectivity index (χ3n) is 3.21. The Morgan fingerprint density at radius 3 is 3.12 bits per heavy atom. The van der Waals surface area contributed by atoms with E-state index in [4.69, 9.17) is 11.5 Å². The van der Waals surface area contributed by atoms with Gasteiger partial charge in [0.1, 0.15) is 5.82 Å². The summed E-state index contributed by atoms with van der Waals surface area (Å²) in [4.78, 5) is 17.6. The quantitative estimate of drug-likeness (QED) is 0.790. The molecule has 2 heterocycles. The number of carbonyl (C=O) groups excluding carboxylic acids is 1. The molecule has 1 amide bonds. The van der Waals surface area contributed by atoms with Gasteiger partial charge in [-0.15, -0.1) is 0 Å². The molecule has 0 saturated carbocycles. The third kappa shape index (κ3) is 2.74. The van der Waals surface area contributed by atoms with Crippen LogP contribution in [0, 0.1) is 5.92 Å². The summed E-state index contributed by atoms with van der Waals surface area (Å²) in [7, 11) is 0. The molecule has 0 bridgehead atoms. The minimum absolute atomic E-state index is 0.416. The summed E-state index contributed by atoms with van der Waals surface area (Å²) >= 11 is 0. The number of pyridine rings is 1. The molecule has 1 unspecified atom stereocenters. The van der Waals surface area contributed by atoms with E-state index in [0.717, 1.165) is 25.3 Å². The van der Waals surface area contributed by atoms with Gasteiger partial charge in [-0.1, -0.05) is 0 Å². The predicted octanol–water partition coefficient (Wildman–Crippen LogP) is 0.356. The monoisotopic (exact) mass is 234 g/mol. The molecule has 2 rings (SSSR count). The van der Waals surface area contributed by atoms with Crippen molar-refractivity contribution in [2.24, 2.45) is 17.4 Å². The van der Waals surface area contributed by atoms with Crippen molar-refractivity contribution in [3.63, 3.8) is 0 Å². The molecule has 92 valence electrons. The van der Waals surface area contributed by atoms with Crippen molar-refractivity contribution in [2.75, 3.05) is 24.5 Å². The van der Waals surface area contributed by atoms with Crippen LogP contribution in [0.5, 0.6) is 0 Å². The van der Waals surface area contributed by atoms with Crippen LogP contribution >= 0.6 is 0 Å². The number of nitrogens with zero attached hydrogens (tertiary/aromatic N) is 2. The molecule has 1 atom stereocenters. The predicted molar refractivity (Wildman–Crippen MR) is 66.7 cm³/mol. The van der Waals surface area contributed by atoms with E-state index < -0.39 is 5.91 Å². The van der Waals surface area contributed by atoms with Gasteiger partial charge in [0, 0.05) is 24.8 Å². The largest absolute Gasteiger partial charge is 0.366 e. The van der Waals surface area contributed by atoms with Crippen LogP contribution in [0.1, 0.15) is 23.2 Å². The number of piperidine rings is 1. The maximum absolute atomic E-state index is 11.1. The van der Waals surface area contributed by atoms with E-state index in [1.54, 1.807) is 18.3 Å². The summed E-state index contributed by atoms with van der Waals surface area (Å²) in [5.41, 5.74) is 11.5. The highest BCUT2D eigenvalue weighted by Crippen LogP contribution is 2.21. The van der Waals surface area contributed by atoms with Gasteiger partial charge in [-0.2, -0.15) is 0 Å². The fraction of sp³-hybridized carbons (Fsp3) is 0.500. The summed E-state index contributed by atoms with van der Waals surface area (Å²) in [5.74, 6) is 0.920. The van der Waals surface area contributed by atoms with E-state index in [2.05, 4.69) is 9.88 Å². The smallest absolute Gasteiger partial charge is 0.248 e. The zero-order chi connectivity index (χ0) is 12.3. The first-order chi connectivity index (χ1) is 8.20. The Balaban J connectivity index is 2.16. The molecule has 1 aliphatic rings. The summed E-state index contributed by atoms with van der Waals surface area (Å²) in [6.45, 7) is 2.57. The van der Waals surface area contributed by atoms with Crippen molar-refractivity contribution in [1.29, 1.82) is 0 Å². The summed E-state index contributed by atoms with van der Waals surface area (Å²) < 4.78 is 0. The Hall–Kier alpha value is -1.62. The number of hydrogen-bond acceptors (Lipinski definition) is 4. The molecule has 5 nitrogen and oxygen atoms in total. The Kier molecular flexibility index (Phi) is 3.58. The highest BCUT2D eigenvalue weighted by Gasteiger charge is 2.20. The van der Waals surface area contributed by atoms with Crippen LogP contribution in [0.15, 0.2) is 18.3 Å². The maximum Gasteiger partial charge on any atom is 0.248 e. The van der Waals surface area contributed by atoms with Crippen LogP contribution in [0.25, 0.3) is 0 Å². The SMILES string of the molecule is NCC1CCCN(c2cc(C(N)=O)ccn2)C1. The van der Waals surface area contributed by atoms with Crippen molar-refractivity contribution >= 4 is 11.7 Å². The molecule has 4 N–H and O–H groups in total. The van der Waals surface area contributed by atoms with Gasteiger partial charge in [0.05, 0.1) is 0 Å². The van der Waals surface area contributed by atoms with E-state index in [9.17, 15) is 4.79 Å². The Labute approximate surface area is 101 Å². The second-order valence-corrected chi connectivity index (χ2v) is 4.46. The minimum atomic E-state index is -0.416. The van der Waals surface area contributed by atoms with Gasteiger partial charge >= 0.3 is 0 Å². The molecule has 1 saturated heterocycles. The first kappa shape index (κ1) is 11.9. The van der Waals surface area contributed by atoms with E-state index in [-0.39, 0.29) is 0 Å². The Bertz CT molecular complexity index is 407. The normalized spacial score (nSPS) is 20.3. The highest BCUT2D eigenvalue weighted by molar-refractivity contribution is 5.93. The summed E-state index contributed by atoms with van der Waals surface area (Å²) in [6.07, 6.45) is 3.91. The lowest BCUT2D eigenvalue weighted by molar-refractivity contribution is 0.1000. The number of anilines is 1. The molecule has 0 aromatic carbocycles. The topological polar surface area (TPSA) is 85.2 Å². The zero-order valence-electron chi connectivity index (χ0n) is 9.80. The molecule has 0 aliphatic carbocycles. The number of hydrogen-bond donors (Lipinski definition) is 2. The number of aromatic nitrogens is 1. The molecule has 1 aromatic heterocycles. The maximum atomic E-state index is 11.1. The van der Waals surface area contributed by atoms with Crippen molar-refractivity contribution in [3.05, 3.63) is 23.9 Å². The van der Waals surface area contributed by atoms with Gasteiger partial charge in [0.15, 0.2) is 0 Å². The first-order valence-corrected chi connectivity index (χ1v) is 5.91. The average molecular weight is 234 g/mol. The van der Waals surface area contributed by atoms with Crippen molar-refractivity contribution < 1.29 is 4.79 Å². The van der Waals surface area contributed by atoms with Crippen LogP contribution in [0.2, 0.25) is 0 Å². The Morgan fingerprint density at radius 2 is 2.41 bits per heavy atom. The fourth-order valence-corrected chi connectivity index (χ4v) is 2.21. The number of nitrogens with two attached hydrogens (primary N) is 2. The molecular formula is C12H18N4O. The second-order valence-electron chi connectivity index (χ2n) is 4.46. The number of carbonyl (C=O) groups is 1. The van der Waals surface area contributed by atoms with Crippen LogP contribution in [-0.2, 0) is 0 Å². The van der Waals surface area contributed by atoms with Crippen LogP contribution in [0.3, 0.4) is 0 Å². The van der Waals surface area contributed by atoms with Crippen LogP contribution < -0.4 is 16.4 Å². The van der Waals surface area contributed by atoms with Crippen molar-refractivity contribution in [2.45, 2.75) is 12.8 Å². The third-order valence-corrected chi connectivity index (χ3v) is 3.21. The standard InChI is InChI=1S/C12H18N4O/c13-7-9-2-1-5-16(8-9)11-6-10(12(14)17)3-4-15-11/h3-4,6,9H,1-2,5,7-8,13H2,(H2,14,17). The lowest BCUT2D eigenvalue weighted by atomic mass is 9.98. The van der Waals surface area contributed by atoms with Gasteiger partial charge in [-0.25, -0.2) is 4.98 Å². The molecular weight excluding hydrogens is 216 g/mol. The van der Waals surface area contributed by atoms with Crippen molar-refractivity contribution in [1.82, 2.24) is 4.98 Å². The molecule has 1 aromatic rings. The van der Waals surface area contributed by atoms with Gasteiger partial charge in [-0.3, -0.25) is 4.79 Å². The molecule has 0 spiro atoms. The summed E-state index contributed by atoms with van der Waals surface area (Å²) in [5, 5.41) is 0. The number of primary amides is 1. The molecule has 17 heavy (non-hydrogen) atoms. The van der Waals surface area contributed by atoms with Crippen LogP contribution in [0.4, 0.5) is 5.82 Å². The van der Waals surface area contributed by atoms with Crippen LogP contribution in [-0.4, -0.2) is 30.5 Å². The molecule has 1 aliphatic heterocycles. The Morgan fingerprint density at radius 1 is 1.59 bits per heavy atom. The second kappa shape index (κ2) is 5.14. The zero-order valence-corrected chi connectivity index (χ0v) is 9.80. The van der Waals surface area contributed by atoms with Gasteiger partial charge in [0.2, 0.25) is 5.91 Å². The van der Waals surface area contributed by atoms with Gasteiger partial charge in [-0.05, 0) is 37.4 Å². The number of rotatable bonds is 3. The van der Waals surface area contributed by atoms with E-state index in [0.29, 0.717) is 18.0 Å². The van der Waals surface area contributed by atoms with E-state index in [1.807, 2.05) is 0 Å². The fourth-order valence-electron chi connectivity index (χ4n) is 2.21. The first-order valence-electron chi connectivity index (χ1n) is 5.91. The van der Waals surface area contributed by atoms with Gasteiger partial charge < -0.3 is 16.4 Å². The molecule has 0 radical (unpaired) electrons. The lowest BCUT2D eigenvalue weighted by Gasteiger charge is -2.33. The molecule has 1 fully saturated rings. The van der Waals surface area contributed by atoms with E-state index in [1.165, 1.54) is 6.42 Å². The highest BCUT2D eigenvalue weighted by atomic mass is 16.1. The lowest BCUT2D eigenvalue weighted by Crippen LogP contribution is -2.38. The molecule has 5 heteroatoms. The average Bonchev–Trinajstić information content (AvgIpc) is 2.39. The summed E-state index contributed by atoms with van der Waals surface area (Å²) in [6, 6.07) is 3.39. The van der Waals surface area contributed by atoms with Crippen molar-refractivity contribution in [3.8, 4) is 0 Å².